The first-order valence-electron chi connectivity index (χ1n) is 6.13. The normalized spacial score (nSPS) is 18.5. The van der Waals surface area contributed by atoms with Crippen molar-refractivity contribution in [2.24, 2.45) is 11.8 Å². The molecule has 17 heavy (non-hydrogen) atoms. The zero-order chi connectivity index (χ0) is 12.3. The van der Waals surface area contributed by atoms with Gasteiger partial charge in [0.15, 0.2) is 0 Å². The van der Waals surface area contributed by atoms with E-state index in [0.717, 1.165) is 0 Å². The minimum absolute atomic E-state index is 0.0563. The Morgan fingerprint density at radius 1 is 1.41 bits per heavy atom. The van der Waals surface area contributed by atoms with Crippen LogP contribution in [0.15, 0.2) is 30.3 Å². The number of benzene rings is 1. The van der Waals surface area contributed by atoms with E-state index in [1.54, 1.807) is 0 Å². The molecule has 1 aromatic carbocycles. The van der Waals surface area contributed by atoms with Crippen LogP contribution in [0.3, 0.4) is 0 Å². The third kappa shape index (κ3) is 3.22. The zero-order valence-corrected chi connectivity index (χ0v) is 10.8. The summed E-state index contributed by atoms with van der Waals surface area (Å²) in [7, 11) is 0. The molecule has 1 aliphatic carbocycles. The van der Waals surface area contributed by atoms with Gasteiger partial charge in [-0.05, 0) is 24.3 Å². The molecule has 2 atom stereocenters. The van der Waals surface area contributed by atoms with Gasteiger partial charge >= 0.3 is 0 Å². The van der Waals surface area contributed by atoms with Crippen LogP contribution in [0.5, 0.6) is 0 Å². The molecule has 2 nitrogen and oxygen atoms in total. The van der Waals surface area contributed by atoms with Gasteiger partial charge in [-0.2, -0.15) is 0 Å². The molecule has 3 heteroatoms. The summed E-state index contributed by atoms with van der Waals surface area (Å²) in [4.78, 5) is 11.9. The summed E-state index contributed by atoms with van der Waals surface area (Å²) in [5, 5.41) is 3.12. The highest BCUT2D eigenvalue weighted by Gasteiger charge is 2.33. The van der Waals surface area contributed by atoms with Crippen LogP contribution in [0.2, 0.25) is 0 Å². The standard InChI is InChI=1S/C14H18ClNO/c1-10(9-15)14(17)16-13(12-7-8-12)11-5-3-2-4-6-11/h2-6,10,12-13H,7-9H2,1H3,(H,16,17). The first kappa shape index (κ1) is 12.4. The number of hydrogen-bond donors (Lipinski definition) is 1. The Balaban J connectivity index is 2.06. The Morgan fingerprint density at radius 3 is 2.59 bits per heavy atom. The third-order valence-electron chi connectivity index (χ3n) is 3.23. The maximum atomic E-state index is 11.9. The van der Waals surface area contributed by atoms with E-state index in [9.17, 15) is 4.79 Å². The monoisotopic (exact) mass is 251 g/mol. The molecule has 0 spiro atoms. The fourth-order valence-electron chi connectivity index (χ4n) is 1.93. The Hall–Kier alpha value is -1.02. The molecule has 0 saturated heterocycles. The Kier molecular flexibility index (Phi) is 4.06. The number of hydrogen-bond acceptors (Lipinski definition) is 1. The van der Waals surface area contributed by atoms with Gasteiger partial charge in [-0.3, -0.25) is 4.79 Å². The number of alkyl halides is 1. The van der Waals surface area contributed by atoms with Crippen LogP contribution in [0.25, 0.3) is 0 Å². The minimum Gasteiger partial charge on any atom is -0.349 e. The van der Waals surface area contributed by atoms with E-state index < -0.39 is 0 Å². The molecule has 0 heterocycles. The van der Waals surface area contributed by atoms with Crippen molar-refractivity contribution in [3.63, 3.8) is 0 Å². The maximum absolute atomic E-state index is 11.9. The summed E-state index contributed by atoms with van der Waals surface area (Å²) in [6.45, 7) is 1.86. The molecule has 0 radical (unpaired) electrons. The Labute approximate surface area is 107 Å². The summed E-state index contributed by atoms with van der Waals surface area (Å²) >= 11 is 5.71. The first-order chi connectivity index (χ1) is 8.22. The number of rotatable bonds is 5. The second kappa shape index (κ2) is 5.54. The van der Waals surface area contributed by atoms with E-state index in [1.165, 1.54) is 18.4 Å². The van der Waals surface area contributed by atoms with Crippen LogP contribution < -0.4 is 5.32 Å². The molecule has 1 saturated carbocycles. The maximum Gasteiger partial charge on any atom is 0.224 e. The minimum atomic E-state index is -0.123. The highest BCUT2D eigenvalue weighted by Crippen LogP contribution is 2.41. The Bertz CT molecular complexity index is 375. The van der Waals surface area contributed by atoms with Crippen molar-refractivity contribution in [3.05, 3.63) is 35.9 Å². The molecule has 2 rings (SSSR count). The predicted molar refractivity (Wildman–Crippen MR) is 69.9 cm³/mol. The van der Waals surface area contributed by atoms with Crippen LogP contribution in [0.4, 0.5) is 0 Å². The van der Waals surface area contributed by atoms with Gasteiger partial charge in [-0.25, -0.2) is 0 Å². The average Bonchev–Trinajstić information content (AvgIpc) is 3.20. The SMILES string of the molecule is CC(CCl)C(=O)NC(c1ccccc1)C1CC1. The van der Waals surface area contributed by atoms with Crippen molar-refractivity contribution < 1.29 is 4.79 Å². The van der Waals surface area contributed by atoms with Gasteiger partial charge in [0.1, 0.15) is 0 Å². The van der Waals surface area contributed by atoms with Crippen LogP contribution >= 0.6 is 11.6 Å². The van der Waals surface area contributed by atoms with E-state index in [2.05, 4.69) is 17.4 Å². The predicted octanol–water partition coefficient (Wildman–Crippen LogP) is 3.13. The summed E-state index contributed by atoms with van der Waals surface area (Å²) in [6, 6.07) is 10.3. The van der Waals surface area contributed by atoms with Gasteiger partial charge < -0.3 is 5.32 Å². The fraction of sp³-hybridized carbons (Fsp3) is 0.500. The average molecular weight is 252 g/mol. The van der Waals surface area contributed by atoms with Crippen molar-refractivity contribution >= 4 is 17.5 Å². The van der Waals surface area contributed by atoms with Crippen LogP contribution in [0.1, 0.15) is 31.4 Å². The number of carbonyl (C=O) groups is 1. The van der Waals surface area contributed by atoms with Gasteiger partial charge in [0, 0.05) is 11.8 Å². The number of carbonyl (C=O) groups excluding carboxylic acids is 1. The van der Waals surface area contributed by atoms with Gasteiger partial charge in [0.2, 0.25) is 5.91 Å². The van der Waals surface area contributed by atoms with E-state index in [4.69, 9.17) is 11.6 Å². The van der Waals surface area contributed by atoms with Gasteiger partial charge in [-0.15, -0.1) is 11.6 Å². The smallest absolute Gasteiger partial charge is 0.224 e. The van der Waals surface area contributed by atoms with Crippen molar-refractivity contribution in [2.45, 2.75) is 25.8 Å². The lowest BCUT2D eigenvalue weighted by Crippen LogP contribution is -2.34. The van der Waals surface area contributed by atoms with E-state index in [1.807, 2.05) is 25.1 Å². The molecule has 1 aliphatic rings. The third-order valence-corrected chi connectivity index (χ3v) is 3.69. The zero-order valence-electron chi connectivity index (χ0n) is 10.0. The van der Waals surface area contributed by atoms with Gasteiger partial charge in [0.25, 0.3) is 0 Å². The van der Waals surface area contributed by atoms with Gasteiger partial charge in [0.05, 0.1) is 6.04 Å². The van der Waals surface area contributed by atoms with Crippen molar-refractivity contribution in [2.75, 3.05) is 5.88 Å². The van der Waals surface area contributed by atoms with Crippen LogP contribution in [-0.4, -0.2) is 11.8 Å². The molecule has 1 fully saturated rings. The van der Waals surface area contributed by atoms with Crippen molar-refractivity contribution in [3.8, 4) is 0 Å². The van der Waals surface area contributed by atoms with E-state index in [-0.39, 0.29) is 17.9 Å². The van der Waals surface area contributed by atoms with Gasteiger partial charge in [-0.1, -0.05) is 37.3 Å². The molecular weight excluding hydrogens is 234 g/mol. The molecule has 92 valence electrons. The van der Waals surface area contributed by atoms with E-state index in [0.29, 0.717) is 11.8 Å². The highest BCUT2D eigenvalue weighted by atomic mass is 35.5. The van der Waals surface area contributed by atoms with Crippen molar-refractivity contribution in [1.29, 1.82) is 0 Å². The largest absolute Gasteiger partial charge is 0.349 e. The highest BCUT2D eigenvalue weighted by molar-refractivity contribution is 6.19. The lowest BCUT2D eigenvalue weighted by atomic mass is 10.0. The Morgan fingerprint density at radius 2 is 2.06 bits per heavy atom. The summed E-state index contributed by atoms with van der Waals surface area (Å²) in [5.74, 6) is 0.907. The number of halogens is 1. The molecule has 0 bridgehead atoms. The second-order valence-electron chi connectivity index (χ2n) is 4.79. The fourth-order valence-corrected chi connectivity index (χ4v) is 2.07. The second-order valence-corrected chi connectivity index (χ2v) is 5.10. The summed E-state index contributed by atoms with van der Waals surface area (Å²) in [5.41, 5.74) is 1.20. The topological polar surface area (TPSA) is 29.1 Å². The summed E-state index contributed by atoms with van der Waals surface area (Å²) in [6.07, 6.45) is 2.41. The molecular formula is C14H18ClNO. The molecule has 1 aromatic rings. The molecule has 1 N–H and O–H groups in total. The number of amides is 1. The number of nitrogens with one attached hydrogen (secondary N) is 1. The first-order valence-corrected chi connectivity index (χ1v) is 6.67. The molecule has 1 amide bonds. The lowest BCUT2D eigenvalue weighted by Gasteiger charge is -2.20. The lowest BCUT2D eigenvalue weighted by molar-refractivity contribution is -0.124. The quantitative estimate of drug-likeness (QED) is 0.801. The van der Waals surface area contributed by atoms with Crippen molar-refractivity contribution in [1.82, 2.24) is 5.32 Å². The summed E-state index contributed by atoms with van der Waals surface area (Å²) < 4.78 is 0. The molecule has 0 aliphatic heterocycles. The molecule has 0 aromatic heterocycles. The molecule has 2 unspecified atom stereocenters. The van der Waals surface area contributed by atoms with Crippen LogP contribution in [0, 0.1) is 11.8 Å². The van der Waals surface area contributed by atoms with Crippen LogP contribution in [-0.2, 0) is 4.79 Å². The van der Waals surface area contributed by atoms with E-state index >= 15 is 0 Å².